The van der Waals surface area contributed by atoms with Crippen LogP contribution in [0.2, 0.25) is 0 Å². The Bertz CT molecular complexity index is 822. The molecule has 6 heteroatoms. The van der Waals surface area contributed by atoms with Crippen molar-refractivity contribution in [2.75, 3.05) is 25.0 Å². The van der Waals surface area contributed by atoms with E-state index < -0.39 is 5.91 Å². The number of nitrogens with zero attached hydrogens (tertiary/aromatic N) is 1. The van der Waals surface area contributed by atoms with Crippen molar-refractivity contribution >= 4 is 30.3 Å². The van der Waals surface area contributed by atoms with Gasteiger partial charge in [-0.3, -0.25) is 10.0 Å². The van der Waals surface area contributed by atoms with Gasteiger partial charge >= 0.3 is 0 Å². The van der Waals surface area contributed by atoms with Gasteiger partial charge in [0.1, 0.15) is 0 Å². The first kappa shape index (κ1) is 24.0. The van der Waals surface area contributed by atoms with E-state index in [0.717, 1.165) is 42.9 Å². The van der Waals surface area contributed by atoms with Crippen LogP contribution in [0, 0.1) is 0 Å². The van der Waals surface area contributed by atoms with Crippen LogP contribution in [-0.4, -0.2) is 35.6 Å². The first-order chi connectivity index (χ1) is 14.5. The minimum absolute atomic E-state index is 0.0550. The van der Waals surface area contributed by atoms with Gasteiger partial charge in [0.25, 0.3) is 5.91 Å². The van der Waals surface area contributed by atoms with Gasteiger partial charge in [-0.25, -0.2) is 5.48 Å². The fourth-order valence-electron chi connectivity index (χ4n) is 3.42. The molecule has 5 nitrogen and oxygen atoms in total. The Morgan fingerprint density at radius 1 is 1.13 bits per heavy atom. The molecule has 3 N–H and O–H groups in total. The quantitative estimate of drug-likeness (QED) is 0.175. The Morgan fingerprint density at radius 2 is 1.83 bits per heavy atom. The summed E-state index contributed by atoms with van der Waals surface area (Å²) >= 11 is 4.91. The van der Waals surface area contributed by atoms with Crippen LogP contribution >= 0.6 is 12.6 Å². The molecular weight excluding hydrogens is 394 g/mol. The molecule has 0 spiro atoms. The molecule has 0 aliphatic heterocycles. The Balaban J connectivity index is 2.37. The molecule has 30 heavy (non-hydrogen) atoms. The van der Waals surface area contributed by atoms with Gasteiger partial charge in [0.2, 0.25) is 0 Å². The lowest BCUT2D eigenvalue weighted by Gasteiger charge is -2.26. The fraction of sp³-hybridized carbons (Fsp3) is 0.375. The summed E-state index contributed by atoms with van der Waals surface area (Å²) in [6.45, 7) is 9.30. The number of benzene rings is 2. The zero-order chi connectivity index (χ0) is 21.9. The molecule has 0 fully saturated rings. The highest BCUT2D eigenvalue weighted by molar-refractivity contribution is 7.80. The zero-order valence-electron chi connectivity index (χ0n) is 18.0. The van der Waals surface area contributed by atoms with Crippen LogP contribution in [-0.2, 0) is 4.79 Å². The number of amides is 1. The van der Waals surface area contributed by atoms with E-state index in [1.807, 2.05) is 18.2 Å². The summed E-state index contributed by atoms with van der Waals surface area (Å²) in [6, 6.07) is 16.6. The molecule has 0 aliphatic carbocycles. The number of anilines is 1. The molecule has 0 saturated carbocycles. The van der Waals surface area contributed by atoms with Crippen molar-refractivity contribution in [3.63, 3.8) is 0 Å². The minimum atomic E-state index is -0.557. The van der Waals surface area contributed by atoms with Crippen LogP contribution in [0.3, 0.4) is 0 Å². The average Bonchev–Trinajstić information content (AvgIpc) is 2.79. The van der Waals surface area contributed by atoms with Crippen LogP contribution in [0.4, 0.5) is 5.69 Å². The van der Waals surface area contributed by atoms with Crippen LogP contribution in [0.15, 0.2) is 54.6 Å². The van der Waals surface area contributed by atoms with Gasteiger partial charge in [-0.05, 0) is 48.3 Å². The van der Waals surface area contributed by atoms with Gasteiger partial charge in [-0.15, -0.1) is 0 Å². The Kier molecular flexibility index (Phi) is 9.94. The van der Waals surface area contributed by atoms with E-state index in [1.54, 1.807) is 11.6 Å². The Labute approximate surface area is 185 Å². The van der Waals surface area contributed by atoms with Crippen LogP contribution in [0.1, 0.15) is 55.2 Å². The third-order valence-corrected chi connectivity index (χ3v) is 5.68. The Morgan fingerprint density at radius 3 is 2.43 bits per heavy atom. The third kappa shape index (κ3) is 6.90. The van der Waals surface area contributed by atoms with E-state index in [4.69, 9.17) is 17.8 Å². The van der Waals surface area contributed by atoms with Crippen molar-refractivity contribution in [3.8, 4) is 0 Å². The molecule has 0 heterocycles. The van der Waals surface area contributed by atoms with Gasteiger partial charge in [-0.1, -0.05) is 63.2 Å². The number of hydrogen-bond acceptors (Lipinski definition) is 5. The normalized spacial score (nSPS) is 13.4. The predicted octanol–water partition coefficient (Wildman–Crippen LogP) is 5.08. The SMILES string of the molecule is CCC(Nc1cc(/C=C/C(=O)NO)ccc1C(S)CN(CC)CC)c1ccccc1. The first-order valence-electron chi connectivity index (χ1n) is 10.5. The molecule has 0 aliphatic rings. The number of hydrogen-bond donors (Lipinski definition) is 4. The molecule has 0 bridgehead atoms. The van der Waals surface area contributed by atoms with E-state index >= 15 is 0 Å². The molecule has 0 saturated heterocycles. The number of thiol groups is 1. The molecule has 2 rings (SSSR count). The largest absolute Gasteiger partial charge is 0.378 e. The van der Waals surface area contributed by atoms with Crippen molar-refractivity contribution in [1.82, 2.24) is 10.4 Å². The fourth-order valence-corrected chi connectivity index (χ4v) is 3.88. The van der Waals surface area contributed by atoms with E-state index in [0.29, 0.717) is 0 Å². The van der Waals surface area contributed by atoms with Crippen LogP contribution in [0.25, 0.3) is 6.08 Å². The number of carbonyl (C=O) groups is 1. The van der Waals surface area contributed by atoms with Crippen molar-refractivity contribution in [2.45, 2.75) is 38.5 Å². The average molecular weight is 428 g/mol. The van der Waals surface area contributed by atoms with Crippen LogP contribution in [0.5, 0.6) is 0 Å². The molecule has 2 atom stereocenters. The highest BCUT2D eigenvalue weighted by Gasteiger charge is 2.17. The summed E-state index contributed by atoms with van der Waals surface area (Å²) in [7, 11) is 0. The molecule has 1 amide bonds. The highest BCUT2D eigenvalue weighted by Crippen LogP contribution is 2.33. The standard InChI is InChI=1S/C24H33N3O2S/c1-4-21(19-10-8-7-9-11-19)25-22-16-18(13-15-24(28)26-29)12-14-20(22)23(30)17-27(5-2)6-3/h7-16,21,23,25,29-30H,4-6,17H2,1-3H3,(H,26,28)/b15-13+. The number of hydroxylamine groups is 1. The molecule has 0 aromatic heterocycles. The number of rotatable bonds is 11. The predicted molar refractivity (Wildman–Crippen MR) is 128 cm³/mol. The summed E-state index contributed by atoms with van der Waals surface area (Å²) < 4.78 is 0. The number of nitrogens with one attached hydrogen (secondary N) is 2. The van der Waals surface area contributed by atoms with E-state index in [-0.39, 0.29) is 11.3 Å². The minimum Gasteiger partial charge on any atom is -0.378 e. The van der Waals surface area contributed by atoms with E-state index in [1.165, 1.54) is 11.6 Å². The van der Waals surface area contributed by atoms with E-state index in [9.17, 15) is 4.79 Å². The maximum atomic E-state index is 11.4. The van der Waals surface area contributed by atoms with Crippen molar-refractivity contribution in [1.29, 1.82) is 0 Å². The van der Waals surface area contributed by atoms with E-state index in [2.05, 4.69) is 61.3 Å². The van der Waals surface area contributed by atoms with Gasteiger partial charge in [0.05, 0.1) is 6.04 Å². The zero-order valence-corrected chi connectivity index (χ0v) is 18.9. The third-order valence-electron chi connectivity index (χ3n) is 5.24. The second kappa shape index (κ2) is 12.4. The van der Waals surface area contributed by atoms with Gasteiger partial charge in [0, 0.05) is 23.6 Å². The number of carbonyl (C=O) groups excluding carboxylic acids is 1. The monoisotopic (exact) mass is 427 g/mol. The topological polar surface area (TPSA) is 64.6 Å². The summed E-state index contributed by atoms with van der Waals surface area (Å²) in [5.41, 5.74) is 5.85. The smallest absolute Gasteiger partial charge is 0.267 e. The van der Waals surface area contributed by atoms with Gasteiger partial charge < -0.3 is 10.2 Å². The van der Waals surface area contributed by atoms with Crippen molar-refractivity contribution in [2.24, 2.45) is 0 Å². The lowest BCUT2D eigenvalue weighted by atomic mass is 10.0. The Hall–Kier alpha value is -2.28. The van der Waals surface area contributed by atoms with Gasteiger partial charge in [0.15, 0.2) is 0 Å². The van der Waals surface area contributed by atoms with Gasteiger partial charge in [-0.2, -0.15) is 12.6 Å². The summed E-state index contributed by atoms with van der Waals surface area (Å²) in [4.78, 5) is 13.7. The highest BCUT2D eigenvalue weighted by atomic mass is 32.1. The molecular formula is C24H33N3O2S. The summed E-state index contributed by atoms with van der Waals surface area (Å²) in [5, 5.41) is 12.5. The second-order valence-electron chi connectivity index (χ2n) is 7.17. The maximum Gasteiger partial charge on any atom is 0.267 e. The molecule has 2 aromatic carbocycles. The molecule has 2 aromatic rings. The lowest BCUT2D eigenvalue weighted by Crippen LogP contribution is -2.27. The summed E-state index contributed by atoms with van der Waals surface area (Å²) in [5.74, 6) is -0.557. The molecule has 162 valence electrons. The number of likely N-dealkylation sites (N-methyl/N-ethyl adjacent to an activating group) is 1. The summed E-state index contributed by atoms with van der Waals surface area (Å²) in [6.07, 6.45) is 3.92. The van der Waals surface area contributed by atoms with Crippen molar-refractivity contribution in [3.05, 3.63) is 71.3 Å². The first-order valence-corrected chi connectivity index (χ1v) is 11.0. The van der Waals surface area contributed by atoms with Crippen LogP contribution < -0.4 is 10.8 Å². The molecule has 0 radical (unpaired) electrons. The molecule has 2 unspecified atom stereocenters. The maximum absolute atomic E-state index is 11.4. The lowest BCUT2D eigenvalue weighted by molar-refractivity contribution is -0.124. The second-order valence-corrected chi connectivity index (χ2v) is 7.80. The van der Waals surface area contributed by atoms with Crippen molar-refractivity contribution < 1.29 is 10.0 Å².